The summed E-state index contributed by atoms with van der Waals surface area (Å²) in [7, 11) is 0. The number of aliphatic hydroxyl groups is 1. The third-order valence-corrected chi connectivity index (χ3v) is 3.08. The summed E-state index contributed by atoms with van der Waals surface area (Å²) in [5.74, 6) is 0. The zero-order chi connectivity index (χ0) is 9.26. The number of hydrogen-bond donors (Lipinski definition) is 2. The first-order valence-corrected chi connectivity index (χ1v) is 5.24. The van der Waals surface area contributed by atoms with Crippen LogP contribution in [-0.4, -0.2) is 16.7 Å². The second-order valence-electron chi connectivity index (χ2n) is 2.82. The Bertz CT molecular complexity index is 472. The standard InChI is InChI=1S/C9H9NOS2/c11-4-3-6-1-2-7-8(5-6)13-9(12)10-7/h1-2,5,11H,3-4H2,(H,10,12). The first-order chi connectivity index (χ1) is 6.29. The molecule has 0 aliphatic heterocycles. The van der Waals surface area contributed by atoms with Crippen LogP contribution >= 0.6 is 23.6 Å². The Balaban J connectivity index is 2.54. The van der Waals surface area contributed by atoms with Crippen LogP contribution in [0.2, 0.25) is 0 Å². The summed E-state index contributed by atoms with van der Waals surface area (Å²) in [4.78, 5) is 3.10. The number of hydrogen-bond acceptors (Lipinski definition) is 3. The maximum atomic E-state index is 8.77. The molecule has 0 saturated carbocycles. The zero-order valence-electron chi connectivity index (χ0n) is 6.91. The molecule has 68 valence electrons. The van der Waals surface area contributed by atoms with E-state index in [1.807, 2.05) is 12.1 Å². The molecule has 0 aliphatic carbocycles. The molecule has 0 aliphatic rings. The molecule has 0 fully saturated rings. The molecule has 2 nitrogen and oxygen atoms in total. The van der Waals surface area contributed by atoms with Crippen molar-refractivity contribution in [2.75, 3.05) is 6.61 Å². The van der Waals surface area contributed by atoms with Crippen molar-refractivity contribution in [1.29, 1.82) is 0 Å². The zero-order valence-corrected chi connectivity index (χ0v) is 8.54. The first-order valence-electron chi connectivity index (χ1n) is 4.02. The van der Waals surface area contributed by atoms with Crippen LogP contribution in [0.3, 0.4) is 0 Å². The Labute approximate surface area is 84.9 Å². The number of rotatable bonds is 2. The quantitative estimate of drug-likeness (QED) is 0.749. The van der Waals surface area contributed by atoms with Crippen LogP contribution < -0.4 is 0 Å². The normalized spacial score (nSPS) is 10.8. The molecule has 1 heterocycles. The molecule has 1 aromatic carbocycles. The lowest BCUT2D eigenvalue weighted by molar-refractivity contribution is 0.299. The number of fused-ring (bicyclic) bond motifs is 1. The highest BCUT2D eigenvalue weighted by Crippen LogP contribution is 2.20. The molecule has 0 atom stereocenters. The topological polar surface area (TPSA) is 36.0 Å². The second kappa shape index (κ2) is 3.57. The van der Waals surface area contributed by atoms with Gasteiger partial charge in [0, 0.05) is 6.61 Å². The van der Waals surface area contributed by atoms with Gasteiger partial charge >= 0.3 is 0 Å². The number of nitrogens with one attached hydrogen (secondary N) is 1. The summed E-state index contributed by atoms with van der Waals surface area (Å²) >= 11 is 6.60. The van der Waals surface area contributed by atoms with Gasteiger partial charge in [-0.05, 0) is 36.3 Å². The summed E-state index contributed by atoms with van der Waals surface area (Å²) in [6.07, 6.45) is 0.709. The van der Waals surface area contributed by atoms with Crippen molar-refractivity contribution in [2.24, 2.45) is 0 Å². The predicted molar refractivity (Wildman–Crippen MR) is 57.8 cm³/mol. The Morgan fingerprint density at radius 1 is 1.46 bits per heavy atom. The molecule has 0 unspecified atom stereocenters. The van der Waals surface area contributed by atoms with Crippen LogP contribution in [0.15, 0.2) is 18.2 Å². The molecule has 0 bridgehead atoms. The van der Waals surface area contributed by atoms with Crippen molar-refractivity contribution >= 4 is 33.8 Å². The molecular weight excluding hydrogens is 202 g/mol. The highest BCUT2D eigenvalue weighted by molar-refractivity contribution is 7.73. The molecule has 0 saturated heterocycles. The largest absolute Gasteiger partial charge is 0.396 e. The second-order valence-corrected chi connectivity index (χ2v) is 4.54. The van der Waals surface area contributed by atoms with Gasteiger partial charge < -0.3 is 10.1 Å². The number of thiazole rings is 1. The molecule has 2 rings (SSSR count). The Kier molecular flexibility index (Phi) is 2.44. The van der Waals surface area contributed by atoms with E-state index < -0.39 is 0 Å². The van der Waals surface area contributed by atoms with Crippen molar-refractivity contribution in [3.8, 4) is 0 Å². The van der Waals surface area contributed by atoms with Crippen molar-refractivity contribution in [3.63, 3.8) is 0 Å². The van der Waals surface area contributed by atoms with E-state index in [9.17, 15) is 0 Å². The van der Waals surface area contributed by atoms with Crippen molar-refractivity contribution in [3.05, 3.63) is 27.7 Å². The van der Waals surface area contributed by atoms with E-state index in [0.29, 0.717) is 6.42 Å². The number of aliphatic hydroxyl groups excluding tert-OH is 1. The number of aromatic nitrogens is 1. The molecule has 1 aromatic heterocycles. The van der Waals surface area contributed by atoms with E-state index in [1.165, 1.54) is 0 Å². The molecule has 2 aromatic rings. The van der Waals surface area contributed by atoms with Gasteiger partial charge in [0.05, 0.1) is 10.2 Å². The molecule has 4 heteroatoms. The molecular formula is C9H9NOS2. The SMILES string of the molecule is OCCc1ccc2[nH]c(=S)sc2c1. The minimum absolute atomic E-state index is 0.196. The fraction of sp³-hybridized carbons (Fsp3) is 0.222. The predicted octanol–water partition coefficient (Wildman–Crippen LogP) is 2.49. The fourth-order valence-electron chi connectivity index (χ4n) is 1.27. The minimum atomic E-state index is 0.196. The van der Waals surface area contributed by atoms with Gasteiger partial charge in [-0.2, -0.15) is 0 Å². The lowest BCUT2D eigenvalue weighted by atomic mass is 10.1. The van der Waals surface area contributed by atoms with Gasteiger partial charge in [0.1, 0.15) is 0 Å². The summed E-state index contributed by atoms with van der Waals surface area (Å²) in [5.41, 5.74) is 2.23. The Hall–Kier alpha value is -0.710. The fourth-order valence-corrected chi connectivity index (χ4v) is 2.45. The van der Waals surface area contributed by atoms with Gasteiger partial charge in [-0.1, -0.05) is 6.07 Å². The van der Waals surface area contributed by atoms with E-state index in [0.717, 1.165) is 19.7 Å². The summed E-state index contributed by atoms with van der Waals surface area (Å²) in [6.45, 7) is 0.196. The van der Waals surface area contributed by atoms with Crippen LogP contribution in [-0.2, 0) is 6.42 Å². The third kappa shape index (κ3) is 1.80. The third-order valence-electron chi connectivity index (χ3n) is 1.89. The van der Waals surface area contributed by atoms with E-state index in [4.69, 9.17) is 17.3 Å². The highest BCUT2D eigenvalue weighted by Gasteiger charge is 1.98. The number of aromatic amines is 1. The minimum Gasteiger partial charge on any atom is -0.396 e. The summed E-state index contributed by atoms with van der Waals surface area (Å²) in [6, 6.07) is 6.09. The van der Waals surface area contributed by atoms with Crippen LogP contribution in [0.4, 0.5) is 0 Å². The van der Waals surface area contributed by atoms with Gasteiger partial charge in [0.2, 0.25) is 0 Å². The summed E-state index contributed by atoms with van der Waals surface area (Å²) in [5, 5.41) is 8.77. The van der Waals surface area contributed by atoms with E-state index in [2.05, 4.69) is 11.1 Å². The number of H-pyrrole nitrogens is 1. The van der Waals surface area contributed by atoms with Gasteiger partial charge in [0.25, 0.3) is 0 Å². The van der Waals surface area contributed by atoms with Crippen LogP contribution in [0.25, 0.3) is 10.2 Å². The molecule has 13 heavy (non-hydrogen) atoms. The first kappa shape index (κ1) is 8.87. The van der Waals surface area contributed by atoms with Gasteiger partial charge in [-0.15, -0.1) is 11.3 Å². The molecule has 0 spiro atoms. The summed E-state index contributed by atoms with van der Waals surface area (Å²) < 4.78 is 1.96. The molecule has 0 amide bonds. The van der Waals surface area contributed by atoms with Crippen molar-refractivity contribution < 1.29 is 5.11 Å². The van der Waals surface area contributed by atoms with Crippen LogP contribution in [0.5, 0.6) is 0 Å². The van der Waals surface area contributed by atoms with E-state index in [-0.39, 0.29) is 6.61 Å². The van der Waals surface area contributed by atoms with Crippen molar-refractivity contribution in [1.82, 2.24) is 4.98 Å². The maximum absolute atomic E-state index is 8.77. The monoisotopic (exact) mass is 211 g/mol. The lowest BCUT2D eigenvalue weighted by Crippen LogP contribution is -1.88. The van der Waals surface area contributed by atoms with E-state index >= 15 is 0 Å². The average Bonchev–Trinajstić information content (AvgIpc) is 2.44. The Morgan fingerprint density at radius 2 is 2.31 bits per heavy atom. The van der Waals surface area contributed by atoms with E-state index in [1.54, 1.807) is 11.3 Å². The van der Waals surface area contributed by atoms with Gasteiger partial charge in [-0.25, -0.2) is 0 Å². The highest BCUT2D eigenvalue weighted by atomic mass is 32.1. The molecule has 2 N–H and O–H groups in total. The van der Waals surface area contributed by atoms with Gasteiger partial charge in [-0.3, -0.25) is 0 Å². The smallest absolute Gasteiger partial charge is 0.159 e. The van der Waals surface area contributed by atoms with Gasteiger partial charge in [0.15, 0.2) is 3.95 Å². The maximum Gasteiger partial charge on any atom is 0.159 e. The average molecular weight is 211 g/mol. The molecule has 0 radical (unpaired) electrons. The van der Waals surface area contributed by atoms with Crippen LogP contribution in [0.1, 0.15) is 5.56 Å². The lowest BCUT2D eigenvalue weighted by Gasteiger charge is -1.96. The number of benzene rings is 1. The van der Waals surface area contributed by atoms with Crippen molar-refractivity contribution in [2.45, 2.75) is 6.42 Å². The van der Waals surface area contributed by atoms with Crippen LogP contribution in [0, 0.1) is 3.95 Å². The Morgan fingerprint density at radius 3 is 3.08 bits per heavy atom.